The van der Waals surface area contributed by atoms with E-state index in [1.54, 1.807) is 20.3 Å². The second-order valence-electron chi connectivity index (χ2n) is 5.42. The van der Waals surface area contributed by atoms with E-state index in [-0.39, 0.29) is 0 Å². The third-order valence-corrected chi connectivity index (χ3v) is 4.35. The largest absolute Gasteiger partial charge is 0.497 e. The number of fused-ring (bicyclic) bond motifs is 1. The van der Waals surface area contributed by atoms with Gasteiger partial charge in [0.05, 0.1) is 25.9 Å². The first kappa shape index (κ1) is 16.9. The maximum Gasteiger partial charge on any atom is 0.126 e. The molecule has 0 aliphatic heterocycles. The van der Waals surface area contributed by atoms with Crippen LogP contribution in [0.4, 0.5) is 0 Å². The molecular formula is C21H16ClNO2. The lowest BCUT2D eigenvalue weighted by Crippen LogP contribution is -1.91. The van der Waals surface area contributed by atoms with E-state index in [9.17, 15) is 5.26 Å². The van der Waals surface area contributed by atoms with E-state index < -0.39 is 0 Å². The summed E-state index contributed by atoms with van der Waals surface area (Å²) in [5.74, 6) is 1.42. The van der Waals surface area contributed by atoms with Crippen molar-refractivity contribution in [1.29, 1.82) is 5.26 Å². The number of ether oxygens (including phenoxy) is 2. The average molecular weight is 350 g/mol. The molecule has 0 amide bonds. The fourth-order valence-electron chi connectivity index (χ4n) is 2.75. The molecule has 25 heavy (non-hydrogen) atoms. The van der Waals surface area contributed by atoms with Gasteiger partial charge in [0.2, 0.25) is 0 Å². The molecule has 0 fully saturated rings. The first-order valence-corrected chi connectivity index (χ1v) is 8.07. The van der Waals surface area contributed by atoms with Crippen molar-refractivity contribution in [3.05, 3.63) is 70.7 Å². The summed E-state index contributed by atoms with van der Waals surface area (Å²) in [7, 11) is 3.24. The van der Waals surface area contributed by atoms with Crippen LogP contribution in [0.5, 0.6) is 11.5 Å². The van der Waals surface area contributed by atoms with Crippen LogP contribution in [0.25, 0.3) is 22.4 Å². The van der Waals surface area contributed by atoms with Crippen molar-refractivity contribution in [3.8, 4) is 17.6 Å². The SMILES string of the molecule is COc1ccc2ccc(OC)c(C=C(C#N)c3ccccc3Cl)c2c1. The van der Waals surface area contributed by atoms with Crippen LogP contribution in [0.3, 0.4) is 0 Å². The maximum absolute atomic E-state index is 9.66. The molecule has 0 N–H and O–H groups in total. The molecule has 3 rings (SSSR count). The molecule has 4 heteroatoms. The van der Waals surface area contributed by atoms with Gasteiger partial charge in [0.25, 0.3) is 0 Å². The van der Waals surface area contributed by atoms with Gasteiger partial charge in [-0.2, -0.15) is 5.26 Å². The Labute approximate surface area is 151 Å². The lowest BCUT2D eigenvalue weighted by molar-refractivity contribution is 0.413. The summed E-state index contributed by atoms with van der Waals surface area (Å²) in [5, 5.41) is 12.2. The van der Waals surface area contributed by atoms with Gasteiger partial charge in [0.1, 0.15) is 11.5 Å². The number of rotatable bonds is 4. The Bertz CT molecular complexity index is 997. The normalized spacial score (nSPS) is 11.2. The van der Waals surface area contributed by atoms with Crippen molar-refractivity contribution in [2.75, 3.05) is 14.2 Å². The number of hydrogen-bond acceptors (Lipinski definition) is 3. The zero-order valence-electron chi connectivity index (χ0n) is 13.9. The Hall–Kier alpha value is -2.96. The lowest BCUT2D eigenvalue weighted by atomic mass is 9.98. The molecule has 0 heterocycles. The summed E-state index contributed by atoms with van der Waals surface area (Å²) < 4.78 is 10.8. The summed E-state index contributed by atoms with van der Waals surface area (Å²) >= 11 is 6.26. The van der Waals surface area contributed by atoms with Gasteiger partial charge in [-0.25, -0.2) is 0 Å². The molecular weight excluding hydrogens is 334 g/mol. The number of benzene rings is 3. The van der Waals surface area contributed by atoms with Crippen molar-refractivity contribution >= 4 is 34.0 Å². The van der Waals surface area contributed by atoms with Crippen molar-refractivity contribution in [2.45, 2.75) is 0 Å². The number of allylic oxidation sites excluding steroid dienone is 1. The maximum atomic E-state index is 9.66. The zero-order chi connectivity index (χ0) is 17.8. The molecule has 0 unspecified atom stereocenters. The third kappa shape index (κ3) is 3.31. The van der Waals surface area contributed by atoms with Crippen LogP contribution < -0.4 is 9.47 Å². The predicted molar refractivity (Wildman–Crippen MR) is 102 cm³/mol. The highest BCUT2D eigenvalue weighted by Crippen LogP contribution is 2.34. The highest BCUT2D eigenvalue weighted by atomic mass is 35.5. The minimum atomic E-state index is 0.471. The second-order valence-corrected chi connectivity index (χ2v) is 5.83. The van der Waals surface area contributed by atoms with E-state index in [0.717, 1.165) is 22.1 Å². The predicted octanol–water partition coefficient (Wildman–Crippen LogP) is 5.57. The molecule has 0 spiro atoms. The van der Waals surface area contributed by atoms with Gasteiger partial charge in [-0.1, -0.05) is 41.9 Å². The first-order valence-electron chi connectivity index (χ1n) is 7.69. The fraction of sp³-hybridized carbons (Fsp3) is 0.0952. The molecule has 0 atom stereocenters. The summed E-state index contributed by atoms with van der Waals surface area (Å²) in [6, 6.07) is 19.2. The molecule has 3 aromatic carbocycles. The molecule has 0 bridgehead atoms. The Kier molecular flexibility index (Phi) is 4.92. The van der Waals surface area contributed by atoms with Crippen molar-refractivity contribution < 1.29 is 9.47 Å². The molecule has 3 aromatic rings. The number of hydrogen-bond donors (Lipinski definition) is 0. The van der Waals surface area contributed by atoms with E-state index >= 15 is 0 Å². The van der Waals surface area contributed by atoms with Crippen LogP contribution in [-0.2, 0) is 0 Å². The molecule has 0 aliphatic rings. The Morgan fingerprint density at radius 1 is 1.04 bits per heavy atom. The molecule has 0 saturated carbocycles. The summed E-state index contributed by atoms with van der Waals surface area (Å²) in [6.45, 7) is 0. The summed E-state index contributed by atoms with van der Waals surface area (Å²) in [5.41, 5.74) is 1.98. The minimum Gasteiger partial charge on any atom is -0.497 e. The minimum absolute atomic E-state index is 0.471. The van der Waals surface area contributed by atoms with Gasteiger partial charge >= 0.3 is 0 Å². The molecule has 3 nitrogen and oxygen atoms in total. The molecule has 0 aromatic heterocycles. The molecule has 124 valence electrons. The van der Waals surface area contributed by atoms with Gasteiger partial charge in [-0.15, -0.1) is 0 Å². The van der Waals surface area contributed by atoms with Crippen LogP contribution in [0, 0.1) is 11.3 Å². The first-order chi connectivity index (χ1) is 12.2. The Balaban J connectivity index is 2.29. The zero-order valence-corrected chi connectivity index (χ0v) is 14.7. The molecule has 0 aliphatic carbocycles. The third-order valence-electron chi connectivity index (χ3n) is 4.02. The van der Waals surface area contributed by atoms with E-state index in [2.05, 4.69) is 6.07 Å². The molecule has 0 saturated heterocycles. The summed E-state index contributed by atoms with van der Waals surface area (Å²) in [6.07, 6.45) is 1.81. The van der Waals surface area contributed by atoms with Crippen LogP contribution in [0.15, 0.2) is 54.6 Å². The lowest BCUT2D eigenvalue weighted by Gasteiger charge is -2.11. The monoisotopic (exact) mass is 349 g/mol. The van der Waals surface area contributed by atoms with Gasteiger partial charge in [0, 0.05) is 16.1 Å². The summed E-state index contributed by atoms with van der Waals surface area (Å²) in [4.78, 5) is 0. The van der Waals surface area contributed by atoms with Crippen LogP contribution in [0.2, 0.25) is 5.02 Å². The van der Waals surface area contributed by atoms with E-state index in [0.29, 0.717) is 21.9 Å². The van der Waals surface area contributed by atoms with Crippen LogP contribution >= 0.6 is 11.6 Å². The van der Waals surface area contributed by atoms with Gasteiger partial charge in [-0.3, -0.25) is 0 Å². The quantitative estimate of drug-likeness (QED) is 0.456. The van der Waals surface area contributed by atoms with Crippen LogP contribution in [-0.4, -0.2) is 14.2 Å². The Morgan fingerprint density at radius 2 is 1.80 bits per heavy atom. The standard InChI is InChI=1S/C21H16ClNO2/c1-24-16-9-7-14-8-10-21(25-2)19(18(14)12-16)11-15(13-23)17-5-3-4-6-20(17)22/h3-12H,1-2H3. The number of nitriles is 1. The van der Waals surface area contributed by atoms with Crippen molar-refractivity contribution in [1.82, 2.24) is 0 Å². The number of nitrogens with zero attached hydrogens (tertiary/aromatic N) is 1. The molecule has 0 radical (unpaired) electrons. The van der Waals surface area contributed by atoms with Gasteiger partial charge in [-0.05, 0) is 41.1 Å². The fourth-order valence-corrected chi connectivity index (χ4v) is 2.99. The van der Waals surface area contributed by atoms with E-state index in [4.69, 9.17) is 21.1 Å². The number of methoxy groups -OCH3 is 2. The highest BCUT2D eigenvalue weighted by Gasteiger charge is 2.11. The highest BCUT2D eigenvalue weighted by molar-refractivity contribution is 6.32. The Morgan fingerprint density at radius 3 is 2.48 bits per heavy atom. The van der Waals surface area contributed by atoms with Gasteiger partial charge < -0.3 is 9.47 Å². The number of halogens is 1. The van der Waals surface area contributed by atoms with Crippen molar-refractivity contribution in [2.24, 2.45) is 0 Å². The van der Waals surface area contributed by atoms with Gasteiger partial charge in [0.15, 0.2) is 0 Å². The average Bonchev–Trinajstić information content (AvgIpc) is 2.66. The van der Waals surface area contributed by atoms with E-state index in [1.807, 2.05) is 54.6 Å². The topological polar surface area (TPSA) is 42.2 Å². The van der Waals surface area contributed by atoms with Crippen molar-refractivity contribution in [3.63, 3.8) is 0 Å². The van der Waals surface area contributed by atoms with E-state index in [1.165, 1.54) is 0 Å². The second kappa shape index (κ2) is 7.29. The smallest absolute Gasteiger partial charge is 0.126 e. The van der Waals surface area contributed by atoms with Crippen LogP contribution in [0.1, 0.15) is 11.1 Å².